The minimum absolute atomic E-state index is 0.207. The summed E-state index contributed by atoms with van der Waals surface area (Å²) >= 11 is 0. The number of rotatable bonds is 18. The molecule has 0 saturated carbocycles. The molecule has 0 aromatic heterocycles. The van der Waals surface area contributed by atoms with Crippen LogP contribution in [0.2, 0.25) is 0 Å². The molecule has 0 aromatic carbocycles. The summed E-state index contributed by atoms with van der Waals surface area (Å²) in [5.74, 6) is -0.207. The highest BCUT2D eigenvalue weighted by molar-refractivity contribution is 5.77. The van der Waals surface area contributed by atoms with Crippen LogP contribution in [0.5, 0.6) is 0 Å². The first-order valence-electron chi connectivity index (χ1n) is 11.7. The summed E-state index contributed by atoms with van der Waals surface area (Å²) < 4.78 is 0. The highest BCUT2D eigenvalue weighted by atomic mass is 16.3. The second kappa shape index (κ2) is 22.5. The number of allylic oxidation sites excluding steroid dienone is 10. The predicted octanol–water partition coefficient (Wildman–Crippen LogP) is 5.71. The van der Waals surface area contributed by atoms with Gasteiger partial charge in [-0.1, -0.05) is 99.6 Å². The summed E-state index contributed by atoms with van der Waals surface area (Å²) in [5, 5.41) is 22.1. The summed E-state index contributed by atoms with van der Waals surface area (Å²) in [6.07, 6.45) is 31.6. The highest BCUT2D eigenvalue weighted by Crippen LogP contribution is 2.01. The van der Waals surface area contributed by atoms with Gasteiger partial charge in [-0.2, -0.15) is 0 Å². The third-order valence-corrected chi connectivity index (χ3v) is 4.47. The zero-order chi connectivity index (χ0) is 23.0. The summed E-state index contributed by atoms with van der Waals surface area (Å²) in [6, 6.07) is -0.673. The van der Waals surface area contributed by atoms with Crippen LogP contribution in [0, 0.1) is 0 Å². The number of aliphatic hydroxyl groups is 2. The zero-order valence-electron chi connectivity index (χ0n) is 19.5. The Morgan fingerprint density at radius 3 is 1.81 bits per heavy atom. The molecule has 31 heavy (non-hydrogen) atoms. The van der Waals surface area contributed by atoms with Crippen molar-refractivity contribution >= 4 is 5.91 Å². The molecule has 0 bridgehead atoms. The number of unbranched alkanes of at least 4 members (excludes halogenated alkanes) is 2. The topological polar surface area (TPSA) is 69.6 Å². The van der Waals surface area contributed by atoms with Crippen molar-refractivity contribution in [3.05, 3.63) is 72.9 Å². The molecule has 2 atom stereocenters. The van der Waals surface area contributed by atoms with Gasteiger partial charge in [-0.25, -0.2) is 0 Å². The fourth-order valence-corrected chi connectivity index (χ4v) is 2.64. The lowest BCUT2D eigenvalue weighted by Crippen LogP contribution is -2.44. The van der Waals surface area contributed by atoms with E-state index in [1.807, 2.05) is 18.2 Å². The van der Waals surface area contributed by atoms with Gasteiger partial charge in [-0.3, -0.25) is 4.79 Å². The van der Waals surface area contributed by atoms with Crippen molar-refractivity contribution in [1.82, 2.24) is 5.32 Å². The number of hydrogen-bond donors (Lipinski definition) is 3. The van der Waals surface area contributed by atoms with E-state index in [0.717, 1.165) is 51.4 Å². The maximum Gasteiger partial charge on any atom is 0.224 e. The fourth-order valence-electron chi connectivity index (χ4n) is 2.64. The van der Waals surface area contributed by atoms with Gasteiger partial charge >= 0.3 is 0 Å². The van der Waals surface area contributed by atoms with E-state index < -0.39 is 12.1 Å². The monoisotopic (exact) mass is 429 g/mol. The lowest BCUT2D eigenvalue weighted by Gasteiger charge is -2.19. The Kier molecular flexibility index (Phi) is 20.9. The van der Waals surface area contributed by atoms with Crippen molar-refractivity contribution in [1.29, 1.82) is 0 Å². The molecule has 0 aliphatic carbocycles. The van der Waals surface area contributed by atoms with Crippen molar-refractivity contribution in [3.63, 3.8) is 0 Å². The SMILES string of the molecule is CC/C=C\C/C=C\C/C=C\C/C=C\C/C=C\CC(=O)NC(CO)C(O)/C=C/CCCC. The summed E-state index contributed by atoms with van der Waals surface area (Å²) in [4.78, 5) is 12.0. The molecule has 3 N–H and O–H groups in total. The molecule has 0 aliphatic heterocycles. The van der Waals surface area contributed by atoms with Crippen LogP contribution in [0.3, 0.4) is 0 Å². The third-order valence-electron chi connectivity index (χ3n) is 4.47. The molecule has 0 spiro atoms. The van der Waals surface area contributed by atoms with Crippen molar-refractivity contribution in [2.45, 2.75) is 83.8 Å². The molecule has 0 radical (unpaired) electrons. The van der Waals surface area contributed by atoms with E-state index in [1.54, 1.807) is 6.08 Å². The van der Waals surface area contributed by atoms with E-state index in [9.17, 15) is 15.0 Å². The minimum atomic E-state index is -0.876. The van der Waals surface area contributed by atoms with Gasteiger partial charge in [0.15, 0.2) is 0 Å². The summed E-state index contributed by atoms with van der Waals surface area (Å²) in [6.45, 7) is 3.95. The molecule has 4 heteroatoms. The molecular weight excluding hydrogens is 386 g/mol. The third kappa shape index (κ3) is 19.5. The molecule has 0 fully saturated rings. The Morgan fingerprint density at radius 2 is 1.32 bits per heavy atom. The van der Waals surface area contributed by atoms with Crippen molar-refractivity contribution in [2.75, 3.05) is 6.61 Å². The Balaban J connectivity index is 3.95. The summed E-state index contributed by atoms with van der Waals surface area (Å²) in [5.41, 5.74) is 0. The first-order chi connectivity index (χ1) is 15.2. The first-order valence-corrected chi connectivity index (χ1v) is 11.7. The molecule has 0 aliphatic rings. The molecule has 2 unspecified atom stereocenters. The van der Waals surface area contributed by atoms with Crippen LogP contribution in [-0.4, -0.2) is 34.9 Å². The van der Waals surface area contributed by atoms with Gasteiger partial charge in [0.2, 0.25) is 5.91 Å². The largest absolute Gasteiger partial charge is 0.394 e. The smallest absolute Gasteiger partial charge is 0.224 e. The van der Waals surface area contributed by atoms with Gasteiger partial charge in [0, 0.05) is 6.42 Å². The van der Waals surface area contributed by atoms with Crippen molar-refractivity contribution in [3.8, 4) is 0 Å². The molecule has 174 valence electrons. The van der Waals surface area contributed by atoms with E-state index >= 15 is 0 Å². The van der Waals surface area contributed by atoms with Crippen LogP contribution in [0.25, 0.3) is 0 Å². The normalized spacial score (nSPS) is 14.8. The Morgan fingerprint density at radius 1 is 0.806 bits per heavy atom. The maximum atomic E-state index is 12.0. The zero-order valence-corrected chi connectivity index (χ0v) is 19.5. The standard InChI is InChI=1S/C27H43NO3/c1-3-5-7-9-10-11-12-13-14-15-16-17-18-19-21-23-27(31)28-25(24-29)26(30)22-20-8-6-4-2/h5,7,10-11,13-14,16-17,19-22,25-26,29-30H,3-4,6,8-9,12,15,18,23-24H2,1-2H3,(H,28,31)/b7-5-,11-10-,14-13-,17-16-,21-19-,22-20+. The molecule has 0 heterocycles. The number of carbonyl (C=O) groups is 1. The fraction of sp³-hybridized carbons (Fsp3) is 0.519. The number of hydrogen-bond acceptors (Lipinski definition) is 3. The second-order valence-corrected chi connectivity index (χ2v) is 7.33. The van der Waals surface area contributed by atoms with E-state index in [-0.39, 0.29) is 18.9 Å². The molecule has 0 aromatic rings. The molecular formula is C27H43NO3. The minimum Gasteiger partial charge on any atom is -0.394 e. The van der Waals surface area contributed by atoms with Crippen LogP contribution in [0.4, 0.5) is 0 Å². The van der Waals surface area contributed by atoms with Crippen molar-refractivity contribution in [2.24, 2.45) is 0 Å². The lowest BCUT2D eigenvalue weighted by atomic mass is 10.1. The number of amides is 1. The molecule has 0 rings (SSSR count). The molecule has 1 amide bonds. The predicted molar refractivity (Wildman–Crippen MR) is 133 cm³/mol. The van der Waals surface area contributed by atoms with Gasteiger partial charge in [0.25, 0.3) is 0 Å². The highest BCUT2D eigenvalue weighted by Gasteiger charge is 2.17. The lowest BCUT2D eigenvalue weighted by molar-refractivity contribution is -0.122. The Hall–Kier alpha value is -2.17. The van der Waals surface area contributed by atoms with Gasteiger partial charge < -0.3 is 15.5 Å². The average molecular weight is 430 g/mol. The number of aliphatic hydroxyl groups excluding tert-OH is 2. The van der Waals surface area contributed by atoms with E-state index in [4.69, 9.17) is 0 Å². The van der Waals surface area contributed by atoms with Gasteiger partial charge in [-0.15, -0.1) is 0 Å². The quantitative estimate of drug-likeness (QED) is 0.193. The Bertz CT molecular complexity index is 600. The van der Waals surface area contributed by atoms with Crippen LogP contribution in [0.1, 0.15) is 71.6 Å². The van der Waals surface area contributed by atoms with Crippen LogP contribution in [0.15, 0.2) is 72.9 Å². The van der Waals surface area contributed by atoms with Gasteiger partial charge in [0.05, 0.1) is 18.8 Å². The van der Waals surface area contributed by atoms with E-state index in [1.165, 1.54) is 0 Å². The maximum absolute atomic E-state index is 12.0. The molecule has 0 saturated heterocycles. The second-order valence-electron chi connectivity index (χ2n) is 7.33. The van der Waals surface area contributed by atoms with Crippen LogP contribution >= 0.6 is 0 Å². The van der Waals surface area contributed by atoms with Crippen molar-refractivity contribution < 1.29 is 15.0 Å². The summed E-state index contributed by atoms with van der Waals surface area (Å²) in [7, 11) is 0. The Labute approximate surface area is 189 Å². The first kappa shape index (κ1) is 28.8. The average Bonchev–Trinajstić information content (AvgIpc) is 2.77. The van der Waals surface area contributed by atoms with E-state index in [0.29, 0.717) is 0 Å². The molecule has 4 nitrogen and oxygen atoms in total. The van der Waals surface area contributed by atoms with E-state index in [2.05, 4.69) is 67.8 Å². The number of carbonyl (C=O) groups excluding carboxylic acids is 1. The van der Waals surface area contributed by atoms with Gasteiger partial charge in [-0.05, 0) is 38.5 Å². The van der Waals surface area contributed by atoms with Gasteiger partial charge in [0.1, 0.15) is 0 Å². The van der Waals surface area contributed by atoms with Crippen LogP contribution in [-0.2, 0) is 4.79 Å². The van der Waals surface area contributed by atoms with Crippen LogP contribution < -0.4 is 5.32 Å². The number of nitrogens with one attached hydrogen (secondary N) is 1.